The van der Waals surface area contributed by atoms with Crippen molar-refractivity contribution in [1.29, 1.82) is 0 Å². The van der Waals surface area contributed by atoms with Crippen molar-refractivity contribution >= 4 is 0 Å². The Labute approximate surface area is 82.9 Å². The quantitative estimate of drug-likeness (QED) is 0.632. The van der Waals surface area contributed by atoms with Crippen molar-refractivity contribution in [2.75, 3.05) is 6.61 Å². The topological polar surface area (TPSA) is 9.23 Å². The van der Waals surface area contributed by atoms with Crippen LogP contribution < -0.4 is 0 Å². The van der Waals surface area contributed by atoms with Crippen molar-refractivity contribution in [2.45, 2.75) is 65.4 Å². The van der Waals surface area contributed by atoms with Crippen LogP contribution in [0.15, 0.2) is 0 Å². The molecular formula is C12H24O. The summed E-state index contributed by atoms with van der Waals surface area (Å²) in [5.41, 5.74) is 0.451. The van der Waals surface area contributed by atoms with Gasteiger partial charge in [-0.05, 0) is 31.1 Å². The van der Waals surface area contributed by atoms with Crippen molar-refractivity contribution in [1.82, 2.24) is 0 Å². The summed E-state index contributed by atoms with van der Waals surface area (Å²) in [6.07, 6.45) is 8.36. The molecule has 1 aliphatic rings. The fourth-order valence-corrected chi connectivity index (χ4v) is 2.27. The Morgan fingerprint density at radius 1 is 1.38 bits per heavy atom. The van der Waals surface area contributed by atoms with Gasteiger partial charge in [-0.15, -0.1) is 0 Å². The highest BCUT2D eigenvalue weighted by Gasteiger charge is 2.34. The summed E-state index contributed by atoms with van der Waals surface area (Å²) >= 11 is 0. The summed E-state index contributed by atoms with van der Waals surface area (Å²) in [7, 11) is 0. The van der Waals surface area contributed by atoms with Crippen LogP contribution in [0.4, 0.5) is 0 Å². The molecule has 2 atom stereocenters. The smallest absolute Gasteiger partial charge is 0.0629 e. The molecule has 0 N–H and O–H groups in total. The van der Waals surface area contributed by atoms with E-state index in [1.54, 1.807) is 0 Å². The van der Waals surface area contributed by atoms with Gasteiger partial charge in [0.1, 0.15) is 0 Å². The van der Waals surface area contributed by atoms with Crippen LogP contribution in [-0.2, 0) is 4.74 Å². The van der Waals surface area contributed by atoms with Gasteiger partial charge >= 0.3 is 0 Å². The first-order valence-corrected chi connectivity index (χ1v) is 5.84. The molecule has 1 heterocycles. The molecule has 1 heteroatoms. The largest absolute Gasteiger partial charge is 0.378 e. The van der Waals surface area contributed by atoms with E-state index in [2.05, 4.69) is 20.8 Å². The van der Waals surface area contributed by atoms with E-state index in [0.29, 0.717) is 11.5 Å². The van der Waals surface area contributed by atoms with Crippen molar-refractivity contribution in [3.05, 3.63) is 0 Å². The zero-order chi connectivity index (χ0) is 9.73. The molecule has 0 aromatic rings. The van der Waals surface area contributed by atoms with E-state index in [-0.39, 0.29) is 0 Å². The van der Waals surface area contributed by atoms with Crippen LogP contribution in [0, 0.1) is 5.41 Å². The molecule has 0 aromatic carbocycles. The molecule has 0 aromatic heterocycles. The van der Waals surface area contributed by atoms with Crippen molar-refractivity contribution < 1.29 is 4.74 Å². The van der Waals surface area contributed by atoms with Crippen molar-refractivity contribution in [3.63, 3.8) is 0 Å². The second-order valence-corrected chi connectivity index (χ2v) is 4.61. The molecule has 0 aliphatic carbocycles. The Bertz CT molecular complexity index is 138. The van der Waals surface area contributed by atoms with E-state index < -0.39 is 0 Å². The molecular weight excluding hydrogens is 160 g/mol. The van der Waals surface area contributed by atoms with Gasteiger partial charge in [0.05, 0.1) is 6.10 Å². The summed E-state index contributed by atoms with van der Waals surface area (Å²) in [5, 5.41) is 0. The molecule has 0 saturated carbocycles. The van der Waals surface area contributed by atoms with E-state index in [9.17, 15) is 0 Å². The highest BCUT2D eigenvalue weighted by molar-refractivity contribution is 4.84. The van der Waals surface area contributed by atoms with Crippen LogP contribution in [0.5, 0.6) is 0 Å². The minimum Gasteiger partial charge on any atom is -0.378 e. The number of hydrogen-bond acceptors (Lipinski definition) is 1. The molecule has 0 amide bonds. The first-order valence-electron chi connectivity index (χ1n) is 5.84. The maximum absolute atomic E-state index is 5.81. The summed E-state index contributed by atoms with van der Waals surface area (Å²) in [6, 6.07) is 0. The van der Waals surface area contributed by atoms with Crippen molar-refractivity contribution in [3.8, 4) is 0 Å². The van der Waals surface area contributed by atoms with Gasteiger partial charge in [-0.25, -0.2) is 0 Å². The summed E-state index contributed by atoms with van der Waals surface area (Å²) in [5.74, 6) is 0. The lowest BCUT2D eigenvalue weighted by atomic mass is 9.76. The van der Waals surface area contributed by atoms with Gasteiger partial charge in [0.2, 0.25) is 0 Å². The molecule has 0 radical (unpaired) electrons. The van der Waals surface area contributed by atoms with E-state index in [4.69, 9.17) is 4.74 Å². The lowest BCUT2D eigenvalue weighted by molar-refractivity contribution is 0.000225. The highest BCUT2D eigenvalue weighted by atomic mass is 16.5. The minimum atomic E-state index is 0.451. The lowest BCUT2D eigenvalue weighted by Crippen LogP contribution is -2.31. The predicted molar refractivity (Wildman–Crippen MR) is 56.9 cm³/mol. The average molecular weight is 184 g/mol. The van der Waals surface area contributed by atoms with Gasteiger partial charge in [0.15, 0.2) is 0 Å². The predicted octanol–water partition coefficient (Wildman–Crippen LogP) is 3.77. The molecule has 78 valence electrons. The van der Waals surface area contributed by atoms with E-state index in [0.717, 1.165) is 6.61 Å². The normalized spacial score (nSPS) is 27.5. The van der Waals surface area contributed by atoms with Crippen LogP contribution in [0.1, 0.15) is 59.3 Å². The molecule has 1 saturated heterocycles. The lowest BCUT2D eigenvalue weighted by Gasteiger charge is -2.34. The average Bonchev–Trinajstić information content (AvgIpc) is 2.67. The molecule has 1 nitrogen and oxygen atoms in total. The first kappa shape index (κ1) is 11.0. The van der Waals surface area contributed by atoms with Gasteiger partial charge in [0.25, 0.3) is 0 Å². The Hall–Kier alpha value is -0.0400. The summed E-state index contributed by atoms with van der Waals surface area (Å²) in [4.78, 5) is 0. The fraction of sp³-hybridized carbons (Fsp3) is 1.00. The van der Waals surface area contributed by atoms with Crippen LogP contribution in [0.25, 0.3) is 0 Å². The maximum Gasteiger partial charge on any atom is 0.0629 e. The van der Waals surface area contributed by atoms with Crippen LogP contribution in [0.3, 0.4) is 0 Å². The summed E-state index contributed by atoms with van der Waals surface area (Å²) < 4.78 is 5.81. The second-order valence-electron chi connectivity index (χ2n) is 4.61. The van der Waals surface area contributed by atoms with Crippen LogP contribution in [-0.4, -0.2) is 12.7 Å². The molecule has 1 aliphatic heterocycles. The first-order chi connectivity index (χ1) is 6.23. The zero-order valence-electron chi connectivity index (χ0n) is 9.44. The zero-order valence-corrected chi connectivity index (χ0v) is 9.44. The standard InChI is InChI=1S/C12H24O/c1-4-6-9-12(3,5-2)11-8-7-10-13-11/h11H,4-10H2,1-3H3. The van der Waals surface area contributed by atoms with Gasteiger partial charge in [-0.3, -0.25) is 0 Å². The molecule has 1 rings (SSSR count). The Kier molecular flexibility index (Phi) is 4.24. The SMILES string of the molecule is CCCCC(C)(CC)C1CCCO1. The maximum atomic E-state index is 5.81. The van der Waals surface area contributed by atoms with E-state index in [1.165, 1.54) is 38.5 Å². The molecule has 0 spiro atoms. The third kappa shape index (κ3) is 2.70. The van der Waals surface area contributed by atoms with Gasteiger partial charge < -0.3 is 4.74 Å². The van der Waals surface area contributed by atoms with Gasteiger partial charge in [-0.1, -0.05) is 33.6 Å². The molecule has 13 heavy (non-hydrogen) atoms. The van der Waals surface area contributed by atoms with Gasteiger partial charge in [0, 0.05) is 6.61 Å². The van der Waals surface area contributed by atoms with Gasteiger partial charge in [-0.2, -0.15) is 0 Å². The molecule has 2 unspecified atom stereocenters. The molecule has 0 bridgehead atoms. The summed E-state index contributed by atoms with van der Waals surface area (Å²) in [6.45, 7) is 7.97. The number of ether oxygens (including phenoxy) is 1. The number of rotatable bonds is 5. The van der Waals surface area contributed by atoms with Crippen LogP contribution in [0.2, 0.25) is 0 Å². The second kappa shape index (κ2) is 4.99. The van der Waals surface area contributed by atoms with E-state index >= 15 is 0 Å². The number of hydrogen-bond donors (Lipinski definition) is 0. The third-order valence-electron chi connectivity index (χ3n) is 3.62. The van der Waals surface area contributed by atoms with E-state index in [1.807, 2.05) is 0 Å². The Morgan fingerprint density at radius 2 is 2.15 bits per heavy atom. The van der Waals surface area contributed by atoms with Crippen molar-refractivity contribution in [2.24, 2.45) is 5.41 Å². The monoisotopic (exact) mass is 184 g/mol. The van der Waals surface area contributed by atoms with Crippen LogP contribution >= 0.6 is 0 Å². The fourth-order valence-electron chi connectivity index (χ4n) is 2.27. The third-order valence-corrected chi connectivity index (χ3v) is 3.62. The Balaban J connectivity index is 2.45. The Morgan fingerprint density at radius 3 is 2.62 bits per heavy atom. The molecule has 1 fully saturated rings. The minimum absolute atomic E-state index is 0.451. The highest BCUT2D eigenvalue weighted by Crippen LogP contribution is 2.38. The number of unbranched alkanes of at least 4 members (excludes halogenated alkanes) is 1.